The normalized spacial score (nSPS) is 11.9. The molecule has 0 aromatic heterocycles. The lowest BCUT2D eigenvalue weighted by atomic mass is 10.1. The van der Waals surface area contributed by atoms with Crippen molar-refractivity contribution in [1.82, 2.24) is 0 Å². The van der Waals surface area contributed by atoms with Crippen molar-refractivity contribution in [3.8, 4) is 0 Å². The SMILES string of the molecule is NC(=O)C(Nc1ccc(Cl)c(Br)c1)c1cccc(F)c1. The molecule has 0 saturated carbocycles. The molecule has 0 bridgehead atoms. The second kappa shape index (κ2) is 6.24. The van der Waals surface area contributed by atoms with E-state index < -0.39 is 17.8 Å². The van der Waals surface area contributed by atoms with E-state index in [1.807, 2.05) is 0 Å². The maximum Gasteiger partial charge on any atom is 0.244 e. The van der Waals surface area contributed by atoms with Gasteiger partial charge in [-0.25, -0.2) is 4.39 Å². The smallest absolute Gasteiger partial charge is 0.244 e. The van der Waals surface area contributed by atoms with Crippen LogP contribution in [0.3, 0.4) is 0 Å². The first-order valence-electron chi connectivity index (χ1n) is 5.74. The van der Waals surface area contributed by atoms with Crippen LogP contribution in [0, 0.1) is 5.82 Å². The molecule has 1 unspecified atom stereocenters. The van der Waals surface area contributed by atoms with Gasteiger partial charge in [0.05, 0.1) is 5.02 Å². The van der Waals surface area contributed by atoms with E-state index in [9.17, 15) is 9.18 Å². The average Bonchev–Trinajstić information content (AvgIpc) is 2.39. The average molecular weight is 358 g/mol. The summed E-state index contributed by atoms with van der Waals surface area (Å²) >= 11 is 9.19. The summed E-state index contributed by atoms with van der Waals surface area (Å²) in [5.74, 6) is -1.02. The number of rotatable bonds is 4. The Morgan fingerprint density at radius 3 is 2.65 bits per heavy atom. The van der Waals surface area contributed by atoms with Crippen LogP contribution in [0.1, 0.15) is 11.6 Å². The molecule has 1 amide bonds. The van der Waals surface area contributed by atoms with Gasteiger partial charge in [0, 0.05) is 10.2 Å². The third kappa shape index (κ3) is 3.49. The Morgan fingerprint density at radius 1 is 1.30 bits per heavy atom. The third-order valence-corrected chi connectivity index (χ3v) is 3.91. The second-order valence-electron chi connectivity index (χ2n) is 4.16. The number of halogens is 3. The fraction of sp³-hybridized carbons (Fsp3) is 0.0714. The molecule has 3 N–H and O–H groups in total. The van der Waals surface area contributed by atoms with Crippen LogP contribution in [0.4, 0.5) is 10.1 Å². The fourth-order valence-electron chi connectivity index (χ4n) is 1.76. The number of anilines is 1. The van der Waals surface area contributed by atoms with Crippen molar-refractivity contribution in [2.24, 2.45) is 5.73 Å². The molecule has 3 nitrogen and oxygen atoms in total. The topological polar surface area (TPSA) is 55.1 Å². The van der Waals surface area contributed by atoms with Gasteiger partial charge in [0.2, 0.25) is 5.91 Å². The summed E-state index contributed by atoms with van der Waals surface area (Å²) < 4.78 is 13.9. The van der Waals surface area contributed by atoms with Gasteiger partial charge in [0.1, 0.15) is 11.9 Å². The molecule has 6 heteroatoms. The molecule has 2 aromatic rings. The highest BCUT2D eigenvalue weighted by molar-refractivity contribution is 9.10. The molecule has 0 aliphatic rings. The predicted octanol–water partition coefficient (Wildman–Crippen LogP) is 3.88. The zero-order valence-electron chi connectivity index (χ0n) is 10.2. The van der Waals surface area contributed by atoms with Crippen LogP contribution in [-0.4, -0.2) is 5.91 Å². The standard InChI is InChI=1S/C14H11BrClFN2O/c15-11-7-10(4-5-12(11)16)19-13(14(18)20)8-2-1-3-9(17)6-8/h1-7,13,19H,(H2,18,20). The molecule has 2 aromatic carbocycles. The van der Waals surface area contributed by atoms with Crippen molar-refractivity contribution >= 4 is 39.1 Å². The molecular weight excluding hydrogens is 347 g/mol. The van der Waals surface area contributed by atoms with Crippen molar-refractivity contribution in [2.75, 3.05) is 5.32 Å². The van der Waals surface area contributed by atoms with Gasteiger partial charge in [-0.1, -0.05) is 23.7 Å². The zero-order chi connectivity index (χ0) is 14.7. The Labute approximate surface area is 129 Å². The van der Waals surface area contributed by atoms with Gasteiger partial charge in [-0.15, -0.1) is 0 Å². The Balaban J connectivity index is 2.30. The van der Waals surface area contributed by atoms with Crippen LogP contribution in [0.5, 0.6) is 0 Å². The highest BCUT2D eigenvalue weighted by Crippen LogP contribution is 2.28. The lowest BCUT2D eigenvalue weighted by molar-refractivity contribution is -0.118. The van der Waals surface area contributed by atoms with Crippen LogP contribution in [-0.2, 0) is 4.79 Å². The highest BCUT2D eigenvalue weighted by atomic mass is 79.9. The summed E-state index contributed by atoms with van der Waals surface area (Å²) in [4.78, 5) is 11.6. The summed E-state index contributed by atoms with van der Waals surface area (Å²) in [6.07, 6.45) is 0. The third-order valence-electron chi connectivity index (χ3n) is 2.70. The minimum atomic E-state index is -0.821. The van der Waals surface area contributed by atoms with Gasteiger partial charge in [0.15, 0.2) is 0 Å². The van der Waals surface area contributed by atoms with E-state index in [1.165, 1.54) is 18.2 Å². The molecule has 20 heavy (non-hydrogen) atoms. The monoisotopic (exact) mass is 356 g/mol. The quantitative estimate of drug-likeness (QED) is 0.872. The summed E-state index contributed by atoms with van der Waals surface area (Å²) in [6.45, 7) is 0. The molecule has 0 radical (unpaired) electrons. The number of amides is 1. The van der Waals surface area contributed by atoms with Crippen molar-refractivity contribution in [3.05, 3.63) is 63.3 Å². The predicted molar refractivity (Wildman–Crippen MR) is 81.1 cm³/mol. The number of benzene rings is 2. The zero-order valence-corrected chi connectivity index (χ0v) is 12.6. The number of carbonyl (C=O) groups excluding carboxylic acids is 1. The summed E-state index contributed by atoms with van der Waals surface area (Å²) in [6, 6.07) is 10.0. The maximum absolute atomic E-state index is 13.2. The van der Waals surface area contributed by atoms with E-state index in [-0.39, 0.29) is 0 Å². The molecule has 0 aliphatic carbocycles. The van der Waals surface area contributed by atoms with Gasteiger partial charge < -0.3 is 11.1 Å². The maximum atomic E-state index is 13.2. The van der Waals surface area contributed by atoms with Crippen molar-refractivity contribution in [1.29, 1.82) is 0 Å². The first kappa shape index (κ1) is 14.8. The van der Waals surface area contributed by atoms with Crippen LogP contribution in [0.15, 0.2) is 46.9 Å². The van der Waals surface area contributed by atoms with Crippen molar-refractivity contribution < 1.29 is 9.18 Å². The number of hydrogen-bond acceptors (Lipinski definition) is 2. The minimum absolute atomic E-state index is 0.423. The van der Waals surface area contributed by atoms with Crippen LogP contribution in [0.25, 0.3) is 0 Å². The Kier molecular flexibility index (Phi) is 4.62. The molecule has 0 fully saturated rings. The molecular formula is C14H11BrClFN2O. The molecule has 0 saturated heterocycles. The van der Waals surface area contributed by atoms with Crippen molar-refractivity contribution in [3.63, 3.8) is 0 Å². The summed E-state index contributed by atoms with van der Waals surface area (Å²) in [5.41, 5.74) is 6.48. The van der Waals surface area contributed by atoms with E-state index in [2.05, 4.69) is 21.2 Å². The fourth-order valence-corrected chi connectivity index (χ4v) is 2.25. The first-order valence-corrected chi connectivity index (χ1v) is 6.91. The van der Waals surface area contributed by atoms with Gasteiger partial charge in [-0.3, -0.25) is 4.79 Å². The van der Waals surface area contributed by atoms with E-state index in [1.54, 1.807) is 24.3 Å². The molecule has 0 spiro atoms. The largest absolute Gasteiger partial charge is 0.370 e. The van der Waals surface area contributed by atoms with Gasteiger partial charge in [0.25, 0.3) is 0 Å². The molecule has 0 heterocycles. The van der Waals surface area contributed by atoms with Crippen molar-refractivity contribution in [2.45, 2.75) is 6.04 Å². The number of nitrogens with two attached hydrogens (primary N) is 1. The molecule has 1 atom stereocenters. The minimum Gasteiger partial charge on any atom is -0.370 e. The number of primary amides is 1. The Morgan fingerprint density at radius 2 is 2.05 bits per heavy atom. The molecule has 104 valence electrons. The lowest BCUT2D eigenvalue weighted by Gasteiger charge is -2.17. The van der Waals surface area contributed by atoms with Crippen LogP contribution >= 0.6 is 27.5 Å². The van der Waals surface area contributed by atoms with Crippen LogP contribution < -0.4 is 11.1 Å². The number of nitrogens with one attached hydrogen (secondary N) is 1. The Bertz CT molecular complexity index is 651. The van der Waals surface area contributed by atoms with E-state index in [0.717, 1.165) is 0 Å². The van der Waals surface area contributed by atoms with E-state index >= 15 is 0 Å². The summed E-state index contributed by atoms with van der Waals surface area (Å²) in [7, 11) is 0. The van der Waals surface area contributed by atoms with Gasteiger partial charge in [-0.2, -0.15) is 0 Å². The Hall–Kier alpha value is -1.59. The molecule has 0 aliphatic heterocycles. The first-order chi connectivity index (χ1) is 9.47. The van der Waals surface area contributed by atoms with E-state index in [4.69, 9.17) is 17.3 Å². The number of carbonyl (C=O) groups is 1. The lowest BCUT2D eigenvalue weighted by Crippen LogP contribution is -2.27. The van der Waals surface area contributed by atoms with Crippen LogP contribution in [0.2, 0.25) is 5.02 Å². The van der Waals surface area contributed by atoms with Gasteiger partial charge >= 0.3 is 0 Å². The number of hydrogen-bond donors (Lipinski definition) is 2. The van der Waals surface area contributed by atoms with E-state index in [0.29, 0.717) is 20.7 Å². The second-order valence-corrected chi connectivity index (χ2v) is 5.43. The highest BCUT2D eigenvalue weighted by Gasteiger charge is 2.18. The van der Waals surface area contributed by atoms with Gasteiger partial charge in [-0.05, 0) is 51.8 Å². The molecule has 2 rings (SSSR count). The summed E-state index contributed by atoms with van der Waals surface area (Å²) in [5, 5.41) is 3.51.